The van der Waals surface area contributed by atoms with E-state index < -0.39 is 0 Å². The van der Waals surface area contributed by atoms with E-state index in [1.165, 1.54) is 64.2 Å². The fraction of sp³-hybridized carbons (Fsp3) is 0.800. The fourth-order valence-corrected chi connectivity index (χ4v) is 3.01. The van der Waals surface area contributed by atoms with Crippen LogP contribution in [-0.4, -0.2) is 43.6 Å². The van der Waals surface area contributed by atoms with E-state index in [9.17, 15) is 0 Å². The second-order valence-electron chi connectivity index (χ2n) is 7.01. The summed E-state index contributed by atoms with van der Waals surface area (Å²) in [5.41, 5.74) is 0. The van der Waals surface area contributed by atoms with Crippen molar-refractivity contribution < 1.29 is 9.33 Å². The summed E-state index contributed by atoms with van der Waals surface area (Å²) < 4.78 is 6.73. The number of allylic oxidation sites excluding steroid dienone is 2. The Morgan fingerprint density at radius 3 is 2.00 bits per heavy atom. The highest BCUT2D eigenvalue weighted by Crippen LogP contribution is 2.15. The molecule has 0 amide bonds. The van der Waals surface area contributed by atoms with Crippen LogP contribution in [0, 0.1) is 0 Å². The largest absolute Gasteiger partial charge is 0.330 e. The van der Waals surface area contributed by atoms with Gasteiger partial charge in [0.25, 0.3) is 0 Å². The number of hydrogen-bond acceptors (Lipinski definition) is 2. The Morgan fingerprint density at radius 2 is 1.48 bits per heavy atom. The van der Waals surface area contributed by atoms with Gasteiger partial charge in [0.05, 0.1) is 6.61 Å². The third-order valence-corrected chi connectivity index (χ3v) is 4.79. The quantitative estimate of drug-likeness (QED) is 0.319. The molecule has 1 unspecified atom stereocenters. The topological polar surface area (TPSA) is 12.5 Å². The van der Waals surface area contributed by atoms with Crippen molar-refractivity contribution in [2.45, 2.75) is 71.1 Å². The Morgan fingerprint density at radius 1 is 0.870 bits per heavy atom. The van der Waals surface area contributed by atoms with Gasteiger partial charge in [0.1, 0.15) is 12.7 Å². The van der Waals surface area contributed by atoms with E-state index in [4.69, 9.17) is 4.74 Å². The lowest BCUT2D eigenvalue weighted by molar-refractivity contribution is -0.998. The fourth-order valence-electron chi connectivity index (χ4n) is 3.01. The van der Waals surface area contributed by atoms with Crippen molar-refractivity contribution in [3.8, 4) is 0 Å². The van der Waals surface area contributed by atoms with Crippen LogP contribution < -0.4 is 0 Å². The molecule has 0 saturated heterocycles. The summed E-state index contributed by atoms with van der Waals surface area (Å²) in [4.78, 5) is 0. The van der Waals surface area contributed by atoms with E-state index in [0.29, 0.717) is 0 Å². The van der Waals surface area contributed by atoms with Crippen LogP contribution in [0.4, 0.5) is 0 Å². The standard InChI is InChI=1S/C20H39N2O/c1-4-5-6-7-8-9-10-11-12-16-19-23-20-22(21(2)3)17-14-13-15-18-22/h13-15,17H,4-12,16,18-20H2,1-3H3/q+1. The highest BCUT2D eigenvalue weighted by atomic mass is 16.5. The summed E-state index contributed by atoms with van der Waals surface area (Å²) in [6.07, 6.45) is 22.4. The molecule has 23 heavy (non-hydrogen) atoms. The molecule has 0 saturated carbocycles. The first-order valence-electron chi connectivity index (χ1n) is 9.68. The molecule has 1 rings (SSSR count). The Labute approximate surface area is 144 Å². The minimum atomic E-state index is 0.741. The van der Waals surface area contributed by atoms with Gasteiger partial charge in [-0.1, -0.05) is 70.8 Å². The number of unbranched alkanes of at least 4 members (excludes halogenated alkanes) is 9. The molecule has 0 fully saturated rings. The van der Waals surface area contributed by atoms with E-state index in [1.807, 2.05) is 0 Å². The van der Waals surface area contributed by atoms with Gasteiger partial charge in [-0.15, -0.1) is 0 Å². The summed E-state index contributed by atoms with van der Waals surface area (Å²) in [5.74, 6) is 0. The van der Waals surface area contributed by atoms with Gasteiger partial charge in [-0.05, 0) is 18.6 Å². The average Bonchev–Trinajstić information content (AvgIpc) is 2.56. The SMILES string of the molecule is CCCCCCCCCCCCOC[N+]1(N(C)C)C=CC=CC1. The predicted octanol–water partition coefficient (Wildman–Crippen LogP) is 5.26. The Kier molecular flexibility index (Phi) is 11.3. The normalized spacial score (nSPS) is 20.5. The number of nitrogens with zero attached hydrogens (tertiary/aromatic N) is 2. The van der Waals surface area contributed by atoms with Crippen LogP contribution in [-0.2, 0) is 4.74 Å². The molecule has 0 radical (unpaired) electrons. The number of ether oxygens (including phenoxy) is 1. The first-order valence-corrected chi connectivity index (χ1v) is 9.68. The van der Waals surface area contributed by atoms with E-state index in [2.05, 4.69) is 50.5 Å². The van der Waals surface area contributed by atoms with Crippen molar-refractivity contribution in [2.24, 2.45) is 0 Å². The summed E-state index contributed by atoms with van der Waals surface area (Å²) in [6, 6.07) is 0. The van der Waals surface area contributed by atoms with Crippen LogP contribution in [0.2, 0.25) is 0 Å². The minimum Gasteiger partial charge on any atom is -0.330 e. The lowest BCUT2D eigenvalue weighted by atomic mass is 10.1. The van der Waals surface area contributed by atoms with Crippen LogP contribution in [0.25, 0.3) is 0 Å². The molecule has 0 spiro atoms. The van der Waals surface area contributed by atoms with Crippen LogP contribution in [0.1, 0.15) is 71.1 Å². The molecule has 3 nitrogen and oxygen atoms in total. The second-order valence-corrected chi connectivity index (χ2v) is 7.01. The maximum absolute atomic E-state index is 5.96. The van der Waals surface area contributed by atoms with Gasteiger partial charge in [-0.3, -0.25) is 0 Å². The van der Waals surface area contributed by atoms with Crippen molar-refractivity contribution >= 4 is 0 Å². The van der Waals surface area contributed by atoms with E-state index >= 15 is 0 Å². The lowest BCUT2D eigenvalue weighted by Gasteiger charge is -2.38. The molecule has 0 bridgehead atoms. The molecule has 1 aliphatic heterocycles. The molecule has 1 aliphatic rings. The van der Waals surface area contributed by atoms with Crippen molar-refractivity contribution in [2.75, 3.05) is 34.0 Å². The van der Waals surface area contributed by atoms with Gasteiger partial charge in [-0.25, -0.2) is 0 Å². The van der Waals surface area contributed by atoms with Gasteiger partial charge >= 0.3 is 0 Å². The molecule has 134 valence electrons. The van der Waals surface area contributed by atoms with Crippen LogP contribution in [0.3, 0.4) is 0 Å². The molecule has 0 aromatic carbocycles. The van der Waals surface area contributed by atoms with Gasteiger partial charge in [0.2, 0.25) is 6.73 Å². The maximum atomic E-state index is 5.96. The van der Waals surface area contributed by atoms with Gasteiger partial charge in [-0.2, -0.15) is 9.60 Å². The second kappa shape index (κ2) is 12.7. The van der Waals surface area contributed by atoms with Crippen LogP contribution in [0.15, 0.2) is 24.4 Å². The van der Waals surface area contributed by atoms with Crippen molar-refractivity contribution in [1.29, 1.82) is 0 Å². The van der Waals surface area contributed by atoms with Crippen molar-refractivity contribution in [1.82, 2.24) is 5.01 Å². The van der Waals surface area contributed by atoms with Crippen LogP contribution in [0.5, 0.6) is 0 Å². The number of rotatable bonds is 14. The monoisotopic (exact) mass is 323 g/mol. The average molecular weight is 324 g/mol. The molecule has 1 atom stereocenters. The third kappa shape index (κ3) is 8.69. The lowest BCUT2D eigenvalue weighted by Crippen LogP contribution is -2.54. The smallest absolute Gasteiger partial charge is 0.205 e. The van der Waals surface area contributed by atoms with E-state index in [-0.39, 0.29) is 0 Å². The zero-order valence-corrected chi connectivity index (χ0v) is 15.8. The molecule has 0 aromatic rings. The van der Waals surface area contributed by atoms with Gasteiger partial charge < -0.3 is 4.74 Å². The molecule has 3 heteroatoms. The minimum absolute atomic E-state index is 0.741. The Hall–Kier alpha value is -0.640. The summed E-state index contributed by atoms with van der Waals surface area (Å²) >= 11 is 0. The number of quaternary nitrogens is 1. The highest BCUT2D eigenvalue weighted by Gasteiger charge is 2.28. The van der Waals surface area contributed by atoms with Crippen LogP contribution >= 0.6 is 0 Å². The molecular formula is C20H39N2O+. The van der Waals surface area contributed by atoms with Crippen molar-refractivity contribution in [3.63, 3.8) is 0 Å². The summed E-state index contributed by atoms with van der Waals surface area (Å²) in [6.45, 7) is 4.90. The van der Waals surface area contributed by atoms with E-state index in [1.54, 1.807) is 0 Å². The van der Waals surface area contributed by atoms with E-state index in [0.717, 1.165) is 24.5 Å². The first kappa shape index (κ1) is 20.4. The predicted molar refractivity (Wildman–Crippen MR) is 99.8 cm³/mol. The molecule has 0 aromatic heterocycles. The van der Waals surface area contributed by atoms with Crippen molar-refractivity contribution in [3.05, 3.63) is 24.4 Å². The molecule has 0 N–H and O–H groups in total. The third-order valence-electron chi connectivity index (χ3n) is 4.79. The maximum Gasteiger partial charge on any atom is 0.205 e. The van der Waals surface area contributed by atoms with Gasteiger partial charge in [0.15, 0.2) is 0 Å². The summed E-state index contributed by atoms with van der Waals surface area (Å²) in [7, 11) is 4.24. The highest BCUT2D eigenvalue weighted by molar-refractivity contribution is 5.03. The Balaban J connectivity index is 1.95. The summed E-state index contributed by atoms with van der Waals surface area (Å²) in [5, 5.41) is 2.22. The molecule has 1 heterocycles. The zero-order valence-electron chi connectivity index (χ0n) is 15.8. The van der Waals surface area contributed by atoms with Gasteiger partial charge in [0, 0.05) is 14.1 Å². The first-order chi connectivity index (χ1) is 11.2. The Bertz CT molecular complexity index is 339. The molecule has 0 aliphatic carbocycles. The zero-order chi connectivity index (χ0) is 16.8. The number of hydrogen-bond donors (Lipinski definition) is 0. The molecular weight excluding hydrogens is 284 g/mol.